The largest absolute Gasteiger partial charge is 0.396 e. The molecule has 0 spiro atoms. The van der Waals surface area contributed by atoms with E-state index in [0.717, 1.165) is 11.1 Å². The molecule has 2 atom stereocenters. The molecule has 1 saturated heterocycles. The lowest BCUT2D eigenvalue weighted by Gasteiger charge is -2.35. The molecule has 1 aromatic carbocycles. The Labute approximate surface area is 167 Å². The van der Waals surface area contributed by atoms with Gasteiger partial charge < -0.3 is 20.0 Å². The third-order valence-electron chi connectivity index (χ3n) is 4.68. The molecule has 0 saturated carbocycles. The predicted octanol–water partition coefficient (Wildman–Crippen LogP) is 0.109. The van der Waals surface area contributed by atoms with Crippen LogP contribution in [0.4, 0.5) is 0 Å². The molecule has 0 aliphatic carbocycles. The van der Waals surface area contributed by atoms with E-state index in [4.69, 9.17) is 12.2 Å². The Bertz CT molecular complexity index is 806. The Morgan fingerprint density at radius 1 is 1.44 bits per heavy atom. The van der Waals surface area contributed by atoms with Gasteiger partial charge in [-0.2, -0.15) is 0 Å². The third kappa shape index (κ3) is 4.24. The fourth-order valence-corrected chi connectivity index (χ4v) is 4.48. The molecule has 3 N–H and O–H groups in total. The zero-order valence-electron chi connectivity index (χ0n) is 14.5. The van der Waals surface area contributed by atoms with Gasteiger partial charge in [-0.15, -0.1) is 0 Å². The van der Waals surface area contributed by atoms with Crippen LogP contribution in [0.15, 0.2) is 42.6 Å². The van der Waals surface area contributed by atoms with Crippen molar-refractivity contribution in [2.75, 3.05) is 19.7 Å². The number of hydrogen-bond acceptors (Lipinski definition) is 7. The lowest BCUT2D eigenvalue weighted by molar-refractivity contribution is 0.0975. The number of carbonyl (C=O) groups excluding carboxylic acids is 2. The van der Waals surface area contributed by atoms with E-state index in [1.54, 1.807) is 30.5 Å². The van der Waals surface area contributed by atoms with Crippen LogP contribution in [-0.2, 0) is 10.3 Å². The Hall–Kier alpha value is -2.14. The fraction of sp³-hybridized carbons (Fsp3) is 0.294. The monoisotopic (exact) mass is 402 g/mol. The minimum Gasteiger partial charge on any atom is -0.396 e. The molecule has 27 heavy (non-hydrogen) atoms. The van der Waals surface area contributed by atoms with E-state index in [0.29, 0.717) is 18.7 Å². The van der Waals surface area contributed by atoms with Crippen molar-refractivity contribution in [1.82, 2.24) is 19.8 Å². The van der Waals surface area contributed by atoms with Gasteiger partial charge in [-0.25, -0.2) is 4.37 Å². The smallest absolute Gasteiger partial charge is 0.281 e. The van der Waals surface area contributed by atoms with Crippen LogP contribution < -0.4 is 10.6 Å². The van der Waals surface area contributed by atoms with Crippen LogP contribution in [0.25, 0.3) is 0 Å². The summed E-state index contributed by atoms with van der Waals surface area (Å²) < 4.78 is 4.17. The highest BCUT2D eigenvalue weighted by Gasteiger charge is 2.49. The van der Waals surface area contributed by atoms with Gasteiger partial charge in [-0.05, 0) is 48.5 Å². The standard InChI is InChI=1S/C17H19BN4O3S2/c23-9-13-8-22(18-11-24)10-17(13,14-6-7-19-27-14)21-16(26)20-15(25)12-4-2-1-3-5-12/h1-7,11,13,18,23H,8-10H2,(H2,20,21,25,26). The number of aliphatic hydroxyl groups is 1. The number of hydrogen-bond donors (Lipinski definition) is 3. The summed E-state index contributed by atoms with van der Waals surface area (Å²) in [6.07, 6.45) is 2.53. The predicted molar refractivity (Wildman–Crippen MR) is 109 cm³/mol. The molecule has 0 bridgehead atoms. The summed E-state index contributed by atoms with van der Waals surface area (Å²) in [5.74, 6) is -0.514. The summed E-state index contributed by atoms with van der Waals surface area (Å²) in [6, 6.07) is 10.7. The minimum absolute atomic E-state index is 0.0878. The van der Waals surface area contributed by atoms with Crippen molar-refractivity contribution in [3.05, 3.63) is 53.0 Å². The van der Waals surface area contributed by atoms with Crippen molar-refractivity contribution in [3.63, 3.8) is 0 Å². The van der Waals surface area contributed by atoms with E-state index >= 15 is 0 Å². The first-order valence-corrected chi connectivity index (χ1v) is 9.64. The first-order chi connectivity index (χ1) is 13.1. The lowest BCUT2D eigenvalue weighted by Crippen LogP contribution is -2.56. The summed E-state index contributed by atoms with van der Waals surface area (Å²) in [7, 11) is 0.266. The SMILES string of the molecule is O=CBN1CC(CO)C(NC(=S)NC(=O)c2ccccc2)(c2ccns2)C1. The molecule has 2 aromatic rings. The average molecular weight is 402 g/mol. The lowest BCUT2D eigenvalue weighted by atomic mass is 9.86. The van der Waals surface area contributed by atoms with E-state index in [-0.39, 0.29) is 31.0 Å². The third-order valence-corrected chi connectivity index (χ3v) is 5.81. The van der Waals surface area contributed by atoms with Crippen molar-refractivity contribution in [1.29, 1.82) is 0 Å². The molecule has 1 fully saturated rings. The zero-order chi connectivity index (χ0) is 19.3. The van der Waals surface area contributed by atoms with Crippen molar-refractivity contribution in [3.8, 4) is 0 Å². The van der Waals surface area contributed by atoms with Gasteiger partial charge in [0.25, 0.3) is 13.3 Å². The first-order valence-electron chi connectivity index (χ1n) is 8.45. The van der Waals surface area contributed by atoms with E-state index < -0.39 is 5.54 Å². The molecule has 140 valence electrons. The molecule has 1 aromatic heterocycles. The number of nitrogens with zero attached hydrogens (tertiary/aromatic N) is 2. The topological polar surface area (TPSA) is 94.6 Å². The number of nitrogens with one attached hydrogen (secondary N) is 2. The van der Waals surface area contributed by atoms with Gasteiger partial charge >= 0.3 is 0 Å². The quantitative estimate of drug-likeness (QED) is 0.359. The second kappa shape index (κ2) is 8.70. The van der Waals surface area contributed by atoms with Crippen LogP contribution in [0.2, 0.25) is 0 Å². The van der Waals surface area contributed by atoms with Crippen molar-refractivity contribution >= 4 is 48.4 Å². The number of aliphatic hydroxyl groups excluding tert-OH is 1. The Morgan fingerprint density at radius 3 is 2.85 bits per heavy atom. The van der Waals surface area contributed by atoms with Gasteiger partial charge in [0.1, 0.15) is 0 Å². The van der Waals surface area contributed by atoms with Gasteiger partial charge in [0.15, 0.2) is 5.11 Å². The number of carbonyl (C=O) groups is 2. The Morgan fingerprint density at radius 2 is 2.22 bits per heavy atom. The molecule has 10 heteroatoms. The van der Waals surface area contributed by atoms with E-state index in [1.165, 1.54) is 11.5 Å². The second-order valence-corrected chi connectivity index (χ2v) is 7.60. The van der Waals surface area contributed by atoms with Crippen molar-refractivity contribution in [2.45, 2.75) is 5.54 Å². The van der Waals surface area contributed by atoms with Crippen LogP contribution >= 0.6 is 23.8 Å². The maximum absolute atomic E-state index is 12.4. The minimum atomic E-state index is -0.722. The molecule has 2 unspecified atom stereocenters. The van der Waals surface area contributed by atoms with Gasteiger partial charge in [0.05, 0.1) is 16.6 Å². The second-order valence-electron chi connectivity index (χ2n) is 6.36. The molecular weight excluding hydrogens is 383 g/mol. The Balaban J connectivity index is 1.81. The molecule has 3 rings (SSSR count). The maximum atomic E-state index is 12.4. The van der Waals surface area contributed by atoms with Gasteiger partial charge in [0.2, 0.25) is 0 Å². The normalized spacial score (nSPS) is 22.2. The summed E-state index contributed by atoms with van der Waals surface area (Å²) in [6.45, 7) is 0.922. The molecule has 1 aliphatic heterocycles. The molecule has 1 amide bonds. The molecule has 0 radical (unpaired) electrons. The van der Waals surface area contributed by atoms with Gasteiger partial charge in [-0.3, -0.25) is 10.1 Å². The zero-order valence-corrected chi connectivity index (χ0v) is 16.1. The number of thiocarbonyl (C=S) groups is 1. The van der Waals surface area contributed by atoms with Crippen LogP contribution in [0.3, 0.4) is 0 Å². The van der Waals surface area contributed by atoms with Crippen LogP contribution in [0.5, 0.6) is 0 Å². The molecule has 2 heterocycles. The summed E-state index contributed by atoms with van der Waals surface area (Å²) in [4.78, 5) is 26.2. The summed E-state index contributed by atoms with van der Waals surface area (Å²) in [5.41, 5.74) is -0.221. The van der Waals surface area contributed by atoms with E-state index in [9.17, 15) is 14.7 Å². The van der Waals surface area contributed by atoms with Gasteiger partial charge in [-0.1, -0.05) is 18.2 Å². The Kier molecular flexibility index (Phi) is 6.32. The number of aromatic nitrogens is 1. The molecule has 7 nitrogen and oxygen atoms in total. The van der Waals surface area contributed by atoms with Crippen LogP contribution in [0, 0.1) is 5.92 Å². The first kappa shape index (κ1) is 19.6. The summed E-state index contributed by atoms with van der Waals surface area (Å²) >= 11 is 6.69. The van der Waals surface area contributed by atoms with Crippen molar-refractivity contribution in [2.24, 2.45) is 5.92 Å². The van der Waals surface area contributed by atoms with Crippen LogP contribution in [-0.4, -0.2) is 58.6 Å². The molecule has 1 aliphatic rings. The number of rotatable bonds is 6. The van der Waals surface area contributed by atoms with Gasteiger partial charge in [0, 0.05) is 30.8 Å². The highest BCUT2D eigenvalue weighted by molar-refractivity contribution is 7.80. The maximum Gasteiger partial charge on any atom is 0.281 e. The van der Waals surface area contributed by atoms with E-state index in [1.807, 2.05) is 16.9 Å². The number of amides is 1. The average Bonchev–Trinajstić information content (AvgIpc) is 3.31. The number of benzene rings is 1. The van der Waals surface area contributed by atoms with Crippen molar-refractivity contribution < 1.29 is 14.7 Å². The highest BCUT2D eigenvalue weighted by Crippen LogP contribution is 2.38. The fourth-order valence-electron chi connectivity index (χ4n) is 3.40. The highest BCUT2D eigenvalue weighted by atomic mass is 32.1. The summed E-state index contributed by atoms with van der Waals surface area (Å²) in [5, 5.41) is 16.1. The van der Waals surface area contributed by atoms with E-state index in [2.05, 4.69) is 15.0 Å². The van der Waals surface area contributed by atoms with Crippen LogP contribution in [0.1, 0.15) is 15.2 Å². The molecular formula is C17H19BN4O3S2.